The van der Waals surface area contributed by atoms with Gasteiger partial charge < -0.3 is 24.8 Å². The van der Waals surface area contributed by atoms with Gasteiger partial charge in [-0.3, -0.25) is 4.79 Å². The van der Waals surface area contributed by atoms with Crippen LogP contribution in [-0.2, 0) is 11.2 Å². The molecule has 0 atom stereocenters. The van der Waals surface area contributed by atoms with Crippen LogP contribution in [0.4, 0.5) is 16.2 Å². The maximum absolute atomic E-state index is 12.1. The van der Waals surface area contributed by atoms with Crippen molar-refractivity contribution in [3.63, 3.8) is 0 Å². The van der Waals surface area contributed by atoms with E-state index in [-0.39, 0.29) is 18.5 Å². The van der Waals surface area contributed by atoms with Gasteiger partial charge in [-0.05, 0) is 38.0 Å². The Morgan fingerprint density at radius 3 is 3.00 bits per heavy atom. The molecular weight excluding hydrogens is 350 g/mol. The molecule has 0 unspecified atom stereocenters. The van der Waals surface area contributed by atoms with E-state index < -0.39 is 0 Å². The standard InChI is InChI=1S/C18H21N5O4/c1-2-23-13-9-12(5-6-14(13)26-10-16(23)24)20-18(25)19-8-7-15-21-17(22-27-15)11-3-4-11/h5-6,9,11H,2-4,7-8,10H2,1H3,(H2,19,20,25). The van der Waals surface area contributed by atoms with Crippen LogP contribution in [0.5, 0.6) is 5.75 Å². The third-order valence-electron chi connectivity index (χ3n) is 4.53. The van der Waals surface area contributed by atoms with Crippen LogP contribution >= 0.6 is 0 Å². The Balaban J connectivity index is 1.31. The zero-order valence-electron chi connectivity index (χ0n) is 15.0. The second kappa shape index (κ2) is 7.26. The van der Waals surface area contributed by atoms with Crippen molar-refractivity contribution in [1.29, 1.82) is 0 Å². The Kier molecular flexibility index (Phi) is 4.66. The number of nitrogens with zero attached hydrogens (tertiary/aromatic N) is 3. The van der Waals surface area contributed by atoms with Gasteiger partial charge in [-0.25, -0.2) is 4.79 Å². The molecular formula is C18H21N5O4. The number of ether oxygens (including phenoxy) is 1. The molecule has 1 aromatic heterocycles. The van der Waals surface area contributed by atoms with Gasteiger partial charge in [-0.2, -0.15) is 4.98 Å². The van der Waals surface area contributed by atoms with Crippen LogP contribution in [0.3, 0.4) is 0 Å². The molecule has 4 rings (SSSR count). The van der Waals surface area contributed by atoms with Crippen LogP contribution in [0.25, 0.3) is 0 Å². The molecule has 0 saturated heterocycles. The molecule has 1 saturated carbocycles. The molecule has 142 valence electrons. The summed E-state index contributed by atoms with van der Waals surface area (Å²) in [6, 6.07) is 4.87. The number of fused-ring (bicyclic) bond motifs is 1. The van der Waals surface area contributed by atoms with Crippen LogP contribution in [0.1, 0.15) is 37.4 Å². The number of carbonyl (C=O) groups is 2. The van der Waals surface area contributed by atoms with Crippen LogP contribution in [-0.4, -0.2) is 41.8 Å². The van der Waals surface area contributed by atoms with Crippen molar-refractivity contribution < 1.29 is 18.8 Å². The van der Waals surface area contributed by atoms with Crippen molar-refractivity contribution in [2.45, 2.75) is 32.1 Å². The van der Waals surface area contributed by atoms with Crippen LogP contribution in [0.15, 0.2) is 22.7 Å². The number of hydrogen-bond donors (Lipinski definition) is 2. The van der Waals surface area contributed by atoms with E-state index >= 15 is 0 Å². The highest BCUT2D eigenvalue weighted by Gasteiger charge is 2.28. The first kappa shape index (κ1) is 17.3. The lowest BCUT2D eigenvalue weighted by atomic mass is 10.2. The molecule has 1 aliphatic carbocycles. The van der Waals surface area contributed by atoms with E-state index in [9.17, 15) is 9.59 Å². The number of hydrogen-bond acceptors (Lipinski definition) is 6. The van der Waals surface area contributed by atoms with E-state index in [1.165, 1.54) is 0 Å². The molecule has 0 bridgehead atoms. The Morgan fingerprint density at radius 2 is 2.22 bits per heavy atom. The Labute approximate surface area is 156 Å². The van der Waals surface area contributed by atoms with Crippen LogP contribution in [0.2, 0.25) is 0 Å². The third-order valence-corrected chi connectivity index (χ3v) is 4.53. The largest absolute Gasteiger partial charge is 0.482 e. The highest BCUT2D eigenvalue weighted by molar-refractivity contribution is 5.99. The Hall–Kier alpha value is -3.10. The van der Waals surface area contributed by atoms with Gasteiger partial charge in [0.1, 0.15) is 5.75 Å². The van der Waals surface area contributed by atoms with E-state index in [0.29, 0.717) is 48.4 Å². The maximum atomic E-state index is 12.1. The summed E-state index contributed by atoms with van der Waals surface area (Å²) < 4.78 is 10.6. The number of rotatable bonds is 6. The fourth-order valence-corrected chi connectivity index (χ4v) is 2.96. The zero-order chi connectivity index (χ0) is 18.8. The predicted molar refractivity (Wildman–Crippen MR) is 97.0 cm³/mol. The molecule has 9 heteroatoms. The van der Waals surface area contributed by atoms with Crippen molar-refractivity contribution >= 4 is 23.3 Å². The first-order valence-electron chi connectivity index (χ1n) is 9.08. The van der Waals surface area contributed by atoms with Gasteiger partial charge in [0, 0.05) is 31.1 Å². The van der Waals surface area contributed by atoms with Gasteiger partial charge in [0.25, 0.3) is 5.91 Å². The van der Waals surface area contributed by atoms with Crippen molar-refractivity contribution in [2.75, 3.05) is 29.9 Å². The van der Waals surface area contributed by atoms with Crippen molar-refractivity contribution in [2.24, 2.45) is 0 Å². The van der Waals surface area contributed by atoms with Crippen molar-refractivity contribution in [3.05, 3.63) is 29.9 Å². The van der Waals surface area contributed by atoms with Gasteiger partial charge in [0.15, 0.2) is 12.4 Å². The number of benzene rings is 1. The summed E-state index contributed by atoms with van der Waals surface area (Å²) in [5.41, 5.74) is 1.24. The molecule has 0 radical (unpaired) electrons. The summed E-state index contributed by atoms with van der Waals surface area (Å²) >= 11 is 0. The van der Waals surface area contributed by atoms with E-state index in [4.69, 9.17) is 9.26 Å². The summed E-state index contributed by atoms with van der Waals surface area (Å²) in [5.74, 6) is 2.27. The number of urea groups is 1. The molecule has 27 heavy (non-hydrogen) atoms. The van der Waals surface area contributed by atoms with E-state index in [1.807, 2.05) is 6.92 Å². The van der Waals surface area contributed by atoms with Gasteiger partial charge in [0.05, 0.1) is 5.69 Å². The molecule has 0 spiro atoms. The minimum absolute atomic E-state index is 0.0340. The molecule has 2 aliphatic rings. The quantitative estimate of drug-likeness (QED) is 0.804. The lowest BCUT2D eigenvalue weighted by molar-refractivity contribution is -0.121. The molecule has 1 aromatic carbocycles. The average Bonchev–Trinajstić information content (AvgIpc) is 3.40. The van der Waals surface area contributed by atoms with E-state index in [0.717, 1.165) is 18.7 Å². The van der Waals surface area contributed by atoms with Gasteiger partial charge >= 0.3 is 6.03 Å². The van der Waals surface area contributed by atoms with Crippen LogP contribution in [0, 0.1) is 0 Å². The fourth-order valence-electron chi connectivity index (χ4n) is 2.96. The third kappa shape index (κ3) is 3.86. The van der Waals surface area contributed by atoms with Gasteiger partial charge in [0.2, 0.25) is 5.89 Å². The van der Waals surface area contributed by atoms with E-state index in [1.54, 1.807) is 23.1 Å². The number of anilines is 2. The number of nitrogens with one attached hydrogen (secondary N) is 2. The van der Waals surface area contributed by atoms with Gasteiger partial charge in [-0.15, -0.1) is 0 Å². The van der Waals surface area contributed by atoms with Crippen molar-refractivity contribution in [1.82, 2.24) is 15.5 Å². The maximum Gasteiger partial charge on any atom is 0.319 e. The number of aromatic nitrogens is 2. The first-order valence-corrected chi connectivity index (χ1v) is 9.08. The second-order valence-corrected chi connectivity index (χ2v) is 6.56. The lowest BCUT2D eigenvalue weighted by Gasteiger charge is -2.28. The Bertz CT molecular complexity index is 861. The van der Waals surface area contributed by atoms with Crippen molar-refractivity contribution in [3.8, 4) is 5.75 Å². The van der Waals surface area contributed by atoms with E-state index in [2.05, 4.69) is 20.8 Å². The first-order chi connectivity index (χ1) is 13.1. The lowest BCUT2D eigenvalue weighted by Crippen LogP contribution is -2.38. The summed E-state index contributed by atoms with van der Waals surface area (Å²) in [6.45, 7) is 2.85. The highest BCUT2D eigenvalue weighted by atomic mass is 16.5. The number of likely N-dealkylation sites (N-methyl/N-ethyl adjacent to an activating group) is 1. The minimum atomic E-state index is -0.344. The highest BCUT2D eigenvalue weighted by Crippen LogP contribution is 2.38. The summed E-state index contributed by atoms with van der Waals surface area (Å²) in [7, 11) is 0. The van der Waals surface area contributed by atoms with Gasteiger partial charge in [-0.1, -0.05) is 5.16 Å². The normalized spacial score (nSPS) is 15.9. The molecule has 1 aliphatic heterocycles. The topological polar surface area (TPSA) is 110 Å². The number of amides is 3. The smallest absolute Gasteiger partial charge is 0.319 e. The molecule has 9 nitrogen and oxygen atoms in total. The SMILES string of the molecule is CCN1C(=O)COc2ccc(NC(=O)NCCc3nc(C4CC4)no3)cc21. The molecule has 1 fully saturated rings. The fraction of sp³-hybridized carbons (Fsp3) is 0.444. The minimum Gasteiger partial charge on any atom is -0.482 e. The Morgan fingerprint density at radius 1 is 1.37 bits per heavy atom. The molecule has 2 heterocycles. The summed E-state index contributed by atoms with van der Waals surface area (Å²) in [4.78, 5) is 30.0. The van der Waals surface area contributed by atoms with Crippen LogP contribution < -0.4 is 20.3 Å². The summed E-state index contributed by atoms with van der Waals surface area (Å²) in [5, 5.41) is 9.47. The number of carbonyl (C=O) groups excluding carboxylic acids is 2. The summed E-state index contributed by atoms with van der Waals surface area (Å²) in [6.07, 6.45) is 2.71. The average molecular weight is 371 g/mol. The molecule has 3 amide bonds. The monoisotopic (exact) mass is 371 g/mol. The molecule has 2 N–H and O–H groups in total. The predicted octanol–water partition coefficient (Wildman–Crippen LogP) is 2.06. The second-order valence-electron chi connectivity index (χ2n) is 6.56. The molecule has 2 aromatic rings. The zero-order valence-corrected chi connectivity index (χ0v) is 15.0.